The SMILES string of the molecule is COc1ccc(CCN(C)[C@@H]2CCCN(c3ncccc3C#N)C2)cc1OC. The second-order valence-electron chi connectivity index (χ2n) is 7.15. The zero-order valence-corrected chi connectivity index (χ0v) is 16.9. The van der Waals surface area contributed by atoms with Gasteiger partial charge in [-0.05, 0) is 56.1 Å². The first-order valence-corrected chi connectivity index (χ1v) is 9.67. The van der Waals surface area contributed by atoms with Gasteiger partial charge in [-0.15, -0.1) is 0 Å². The molecular weight excluding hydrogens is 352 g/mol. The third-order valence-electron chi connectivity index (χ3n) is 5.43. The lowest BCUT2D eigenvalue weighted by atomic mass is 10.0. The van der Waals surface area contributed by atoms with Crippen LogP contribution in [0.25, 0.3) is 0 Å². The number of hydrogen-bond donors (Lipinski definition) is 0. The highest BCUT2D eigenvalue weighted by Gasteiger charge is 2.25. The molecule has 3 rings (SSSR count). The van der Waals surface area contributed by atoms with Crippen molar-refractivity contribution in [1.29, 1.82) is 5.26 Å². The number of nitrogens with zero attached hydrogens (tertiary/aromatic N) is 4. The average Bonchev–Trinajstić information content (AvgIpc) is 2.77. The van der Waals surface area contributed by atoms with Crippen LogP contribution in [0.2, 0.25) is 0 Å². The first-order valence-electron chi connectivity index (χ1n) is 9.67. The van der Waals surface area contributed by atoms with Gasteiger partial charge in [0.15, 0.2) is 11.5 Å². The predicted octanol–water partition coefficient (Wildman–Crippen LogP) is 3.11. The van der Waals surface area contributed by atoms with E-state index in [2.05, 4.69) is 34.0 Å². The molecule has 1 fully saturated rings. The molecule has 0 radical (unpaired) electrons. The molecule has 0 N–H and O–H groups in total. The number of piperidine rings is 1. The summed E-state index contributed by atoms with van der Waals surface area (Å²) in [7, 11) is 5.50. The van der Waals surface area contributed by atoms with Crippen molar-refractivity contribution in [2.75, 3.05) is 45.8 Å². The summed E-state index contributed by atoms with van der Waals surface area (Å²) in [6.45, 7) is 2.81. The van der Waals surface area contributed by atoms with E-state index in [1.54, 1.807) is 20.4 Å². The van der Waals surface area contributed by atoms with Crippen LogP contribution in [-0.2, 0) is 6.42 Å². The highest BCUT2D eigenvalue weighted by Crippen LogP contribution is 2.28. The molecule has 1 atom stereocenters. The van der Waals surface area contributed by atoms with E-state index in [4.69, 9.17) is 9.47 Å². The molecule has 1 aromatic carbocycles. The fraction of sp³-hybridized carbons (Fsp3) is 0.455. The van der Waals surface area contributed by atoms with Crippen molar-refractivity contribution in [3.63, 3.8) is 0 Å². The number of aromatic nitrogens is 1. The van der Waals surface area contributed by atoms with E-state index in [0.29, 0.717) is 11.6 Å². The quantitative estimate of drug-likeness (QED) is 0.736. The zero-order chi connectivity index (χ0) is 19.9. The van der Waals surface area contributed by atoms with Crippen molar-refractivity contribution in [1.82, 2.24) is 9.88 Å². The molecule has 0 bridgehead atoms. The molecule has 2 aromatic rings. The number of hydrogen-bond acceptors (Lipinski definition) is 6. The average molecular weight is 380 g/mol. The van der Waals surface area contributed by atoms with Crippen LogP contribution < -0.4 is 14.4 Å². The molecular formula is C22H28N4O2. The minimum absolute atomic E-state index is 0.447. The third kappa shape index (κ3) is 4.55. The van der Waals surface area contributed by atoms with Gasteiger partial charge in [-0.2, -0.15) is 5.26 Å². The first-order chi connectivity index (χ1) is 13.7. The molecule has 0 unspecified atom stereocenters. The van der Waals surface area contributed by atoms with Crippen molar-refractivity contribution in [2.24, 2.45) is 0 Å². The molecule has 0 amide bonds. The summed E-state index contributed by atoms with van der Waals surface area (Å²) in [4.78, 5) is 9.12. The largest absolute Gasteiger partial charge is 0.493 e. The minimum atomic E-state index is 0.447. The van der Waals surface area contributed by atoms with Crippen LogP contribution in [0.3, 0.4) is 0 Å². The maximum Gasteiger partial charge on any atom is 0.160 e. The molecule has 2 heterocycles. The summed E-state index contributed by atoms with van der Waals surface area (Å²) in [6, 6.07) is 12.5. The highest BCUT2D eigenvalue weighted by atomic mass is 16.5. The molecule has 6 heteroatoms. The maximum absolute atomic E-state index is 9.37. The van der Waals surface area contributed by atoms with Crippen molar-refractivity contribution < 1.29 is 9.47 Å². The van der Waals surface area contributed by atoms with E-state index in [1.807, 2.05) is 24.3 Å². The van der Waals surface area contributed by atoms with E-state index in [-0.39, 0.29) is 0 Å². The smallest absolute Gasteiger partial charge is 0.160 e. The summed E-state index contributed by atoms with van der Waals surface area (Å²) in [5, 5.41) is 9.37. The van der Waals surface area contributed by atoms with Crippen LogP contribution in [-0.4, -0.2) is 56.8 Å². The summed E-state index contributed by atoms with van der Waals surface area (Å²) in [5.41, 5.74) is 1.88. The third-order valence-corrected chi connectivity index (χ3v) is 5.43. The summed E-state index contributed by atoms with van der Waals surface area (Å²) in [5.74, 6) is 2.33. The van der Waals surface area contributed by atoms with Gasteiger partial charge in [0.25, 0.3) is 0 Å². The molecule has 1 saturated heterocycles. The van der Waals surface area contributed by atoms with Crippen molar-refractivity contribution in [3.8, 4) is 17.6 Å². The lowest BCUT2D eigenvalue weighted by Crippen LogP contribution is -2.47. The molecule has 28 heavy (non-hydrogen) atoms. The molecule has 1 aliphatic heterocycles. The van der Waals surface area contributed by atoms with Crippen molar-refractivity contribution >= 4 is 5.82 Å². The van der Waals surface area contributed by atoms with E-state index in [1.165, 1.54) is 5.56 Å². The van der Waals surface area contributed by atoms with Gasteiger partial charge >= 0.3 is 0 Å². The maximum atomic E-state index is 9.37. The van der Waals surface area contributed by atoms with Crippen LogP contribution in [0.5, 0.6) is 11.5 Å². The van der Waals surface area contributed by atoms with Crippen LogP contribution in [0.15, 0.2) is 36.5 Å². The Labute approximate surface area is 167 Å². The summed E-state index contributed by atoms with van der Waals surface area (Å²) in [6.07, 6.45) is 4.97. The number of benzene rings is 1. The number of pyridine rings is 1. The number of anilines is 1. The van der Waals surface area contributed by atoms with Gasteiger partial charge in [0, 0.05) is 31.9 Å². The molecule has 148 valence electrons. The standard InChI is InChI=1S/C22H28N4O2/c1-25(13-10-17-8-9-20(27-2)21(14-17)28-3)19-7-5-12-26(16-19)22-18(15-23)6-4-11-24-22/h4,6,8-9,11,14,19H,5,7,10,12-13,16H2,1-3H3/t19-/m1/s1. The van der Waals surface area contributed by atoms with E-state index < -0.39 is 0 Å². The molecule has 1 aliphatic rings. The van der Waals surface area contributed by atoms with Gasteiger partial charge in [-0.3, -0.25) is 0 Å². The Hall–Kier alpha value is -2.78. The number of rotatable bonds is 7. The number of ether oxygens (including phenoxy) is 2. The van der Waals surface area contributed by atoms with Crippen molar-refractivity contribution in [3.05, 3.63) is 47.7 Å². The fourth-order valence-electron chi connectivity index (χ4n) is 3.77. The Morgan fingerprint density at radius 2 is 2.07 bits per heavy atom. The zero-order valence-electron chi connectivity index (χ0n) is 16.9. The van der Waals surface area contributed by atoms with Gasteiger partial charge in [0.05, 0.1) is 19.8 Å². The molecule has 6 nitrogen and oxygen atoms in total. The Bertz CT molecular complexity index is 834. The van der Waals surface area contributed by atoms with E-state index in [0.717, 1.165) is 56.2 Å². The van der Waals surface area contributed by atoms with Gasteiger partial charge in [0.2, 0.25) is 0 Å². The normalized spacial score (nSPS) is 16.7. The van der Waals surface area contributed by atoms with Gasteiger partial charge in [-0.25, -0.2) is 4.98 Å². The molecule has 0 spiro atoms. The summed E-state index contributed by atoms with van der Waals surface area (Å²) < 4.78 is 10.7. The lowest BCUT2D eigenvalue weighted by Gasteiger charge is -2.38. The monoisotopic (exact) mass is 380 g/mol. The minimum Gasteiger partial charge on any atom is -0.493 e. The Kier molecular flexibility index (Phi) is 6.72. The number of methoxy groups -OCH3 is 2. The summed E-state index contributed by atoms with van der Waals surface area (Å²) >= 11 is 0. The van der Waals surface area contributed by atoms with Gasteiger partial charge in [0.1, 0.15) is 11.9 Å². The van der Waals surface area contributed by atoms with Gasteiger partial charge in [-0.1, -0.05) is 6.07 Å². The van der Waals surface area contributed by atoms with E-state index in [9.17, 15) is 5.26 Å². The second kappa shape index (κ2) is 9.43. The highest BCUT2D eigenvalue weighted by molar-refractivity contribution is 5.53. The molecule has 0 aliphatic carbocycles. The first kappa shape index (κ1) is 20.0. The van der Waals surface area contributed by atoms with Crippen molar-refractivity contribution in [2.45, 2.75) is 25.3 Å². The Balaban J connectivity index is 1.61. The van der Waals surface area contributed by atoms with Crippen LogP contribution in [0, 0.1) is 11.3 Å². The molecule has 1 aromatic heterocycles. The van der Waals surface area contributed by atoms with Crippen LogP contribution in [0.1, 0.15) is 24.0 Å². The lowest BCUT2D eigenvalue weighted by molar-refractivity contribution is 0.217. The van der Waals surface area contributed by atoms with Gasteiger partial charge < -0.3 is 19.3 Å². The number of likely N-dealkylation sites (N-methyl/N-ethyl adjacent to an activating group) is 1. The van der Waals surface area contributed by atoms with E-state index >= 15 is 0 Å². The predicted molar refractivity (Wildman–Crippen MR) is 110 cm³/mol. The Morgan fingerprint density at radius 1 is 1.25 bits per heavy atom. The van der Waals surface area contributed by atoms with Crippen LogP contribution >= 0.6 is 0 Å². The second-order valence-corrected chi connectivity index (χ2v) is 7.15. The van der Waals surface area contributed by atoms with Crippen LogP contribution in [0.4, 0.5) is 5.82 Å². The topological polar surface area (TPSA) is 61.6 Å². The fourth-order valence-corrected chi connectivity index (χ4v) is 3.77. The Morgan fingerprint density at radius 3 is 2.82 bits per heavy atom. The molecule has 0 saturated carbocycles. The number of nitriles is 1.